The van der Waals surface area contributed by atoms with Gasteiger partial charge in [0.05, 0.1) is 0 Å². The quantitative estimate of drug-likeness (QED) is 0.683. The van der Waals surface area contributed by atoms with Crippen molar-refractivity contribution in [2.45, 2.75) is 53.4 Å². The van der Waals surface area contributed by atoms with Gasteiger partial charge in [-0.05, 0) is 66.2 Å². The zero-order chi connectivity index (χ0) is 13.4. The monoisotopic (exact) mass is 248 g/mol. The van der Waals surface area contributed by atoms with Gasteiger partial charge in [-0.15, -0.1) is 0 Å². The van der Waals surface area contributed by atoms with E-state index in [1.807, 2.05) is 13.0 Å². The molecule has 0 aliphatic heterocycles. The summed E-state index contributed by atoms with van der Waals surface area (Å²) in [6.07, 6.45) is 2.21. The third-order valence-electron chi connectivity index (χ3n) is 5.19. The molecule has 0 heterocycles. The van der Waals surface area contributed by atoms with Gasteiger partial charge in [-0.2, -0.15) is 0 Å². The lowest BCUT2D eigenvalue weighted by atomic mass is 9.83. The Bertz CT molecular complexity index is 435. The van der Waals surface area contributed by atoms with Gasteiger partial charge in [-0.3, -0.25) is 0 Å². The predicted octanol–water partition coefficient (Wildman–Crippen LogP) is 5.09. The van der Waals surface area contributed by atoms with Crippen molar-refractivity contribution in [1.82, 2.24) is 0 Å². The molecular weight excluding hydrogens is 223 g/mol. The maximum absolute atomic E-state index is 13.9. The van der Waals surface area contributed by atoms with Crippen LogP contribution in [-0.2, 0) is 6.42 Å². The summed E-state index contributed by atoms with van der Waals surface area (Å²) >= 11 is 0. The highest BCUT2D eigenvalue weighted by atomic mass is 19.1. The number of halogens is 1. The van der Waals surface area contributed by atoms with Crippen molar-refractivity contribution in [2.75, 3.05) is 0 Å². The molecule has 1 aliphatic carbocycles. The van der Waals surface area contributed by atoms with E-state index in [0.29, 0.717) is 11.8 Å². The van der Waals surface area contributed by atoms with Gasteiger partial charge >= 0.3 is 0 Å². The Labute approximate surface area is 111 Å². The Morgan fingerprint density at radius 3 is 2.33 bits per heavy atom. The Balaban J connectivity index is 2.42. The molecule has 0 nitrogen and oxygen atoms in total. The summed E-state index contributed by atoms with van der Waals surface area (Å²) in [5, 5.41) is 0. The SMILES string of the molecule is CCc1cc(C)c(F)cc1C1CC(C)C(C)C1C. The van der Waals surface area contributed by atoms with Crippen molar-refractivity contribution in [3.05, 3.63) is 34.6 Å². The Hall–Kier alpha value is -0.850. The van der Waals surface area contributed by atoms with Crippen molar-refractivity contribution in [2.24, 2.45) is 17.8 Å². The van der Waals surface area contributed by atoms with Crippen LogP contribution in [0.5, 0.6) is 0 Å². The lowest BCUT2D eigenvalue weighted by Crippen LogP contribution is -2.11. The lowest BCUT2D eigenvalue weighted by Gasteiger charge is -2.22. The van der Waals surface area contributed by atoms with Crippen LogP contribution in [0.15, 0.2) is 12.1 Å². The first-order chi connectivity index (χ1) is 8.45. The van der Waals surface area contributed by atoms with Crippen LogP contribution < -0.4 is 0 Å². The average Bonchev–Trinajstić information content (AvgIpc) is 2.60. The third-order valence-corrected chi connectivity index (χ3v) is 5.19. The highest BCUT2D eigenvalue weighted by Gasteiger charge is 2.37. The summed E-state index contributed by atoms with van der Waals surface area (Å²) in [6.45, 7) is 11.0. The number of hydrogen-bond donors (Lipinski definition) is 0. The van der Waals surface area contributed by atoms with E-state index in [9.17, 15) is 4.39 Å². The molecule has 4 atom stereocenters. The lowest BCUT2D eigenvalue weighted by molar-refractivity contribution is 0.369. The van der Waals surface area contributed by atoms with Crippen molar-refractivity contribution >= 4 is 0 Å². The van der Waals surface area contributed by atoms with Crippen LogP contribution in [0, 0.1) is 30.5 Å². The second-order valence-corrected chi connectivity index (χ2v) is 6.19. The first kappa shape index (κ1) is 13.6. The highest BCUT2D eigenvalue weighted by Crippen LogP contribution is 2.47. The van der Waals surface area contributed by atoms with E-state index in [1.54, 1.807) is 6.07 Å². The predicted molar refractivity (Wildman–Crippen MR) is 75.4 cm³/mol. The first-order valence-corrected chi connectivity index (χ1v) is 7.24. The minimum Gasteiger partial charge on any atom is -0.207 e. The van der Waals surface area contributed by atoms with Crippen LogP contribution >= 0.6 is 0 Å². The van der Waals surface area contributed by atoms with Gasteiger partial charge in [0.2, 0.25) is 0 Å². The average molecular weight is 248 g/mol. The Morgan fingerprint density at radius 1 is 1.17 bits per heavy atom. The van der Waals surface area contributed by atoms with E-state index in [0.717, 1.165) is 23.8 Å². The molecule has 1 saturated carbocycles. The van der Waals surface area contributed by atoms with Gasteiger partial charge in [-0.25, -0.2) is 4.39 Å². The Morgan fingerprint density at radius 2 is 1.83 bits per heavy atom. The molecule has 1 fully saturated rings. The first-order valence-electron chi connectivity index (χ1n) is 7.24. The van der Waals surface area contributed by atoms with E-state index in [4.69, 9.17) is 0 Å². The molecule has 1 aromatic rings. The van der Waals surface area contributed by atoms with Gasteiger partial charge in [0.1, 0.15) is 5.82 Å². The van der Waals surface area contributed by atoms with Crippen LogP contribution in [0.4, 0.5) is 4.39 Å². The minimum absolute atomic E-state index is 0.0402. The van der Waals surface area contributed by atoms with Crippen molar-refractivity contribution in [3.8, 4) is 0 Å². The van der Waals surface area contributed by atoms with E-state index in [1.165, 1.54) is 17.5 Å². The molecule has 0 N–H and O–H groups in total. The van der Waals surface area contributed by atoms with Crippen molar-refractivity contribution in [1.29, 1.82) is 0 Å². The van der Waals surface area contributed by atoms with E-state index in [-0.39, 0.29) is 5.82 Å². The number of hydrogen-bond acceptors (Lipinski definition) is 0. The zero-order valence-electron chi connectivity index (χ0n) is 12.3. The molecule has 18 heavy (non-hydrogen) atoms. The molecule has 0 bridgehead atoms. The summed E-state index contributed by atoms with van der Waals surface area (Å²) in [4.78, 5) is 0. The van der Waals surface area contributed by atoms with E-state index >= 15 is 0 Å². The van der Waals surface area contributed by atoms with Crippen LogP contribution in [0.25, 0.3) is 0 Å². The molecule has 0 aromatic heterocycles. The topological polar surface area (TPSA) is 0 Å². The van der Waals surface area contributed by atoms with Crippen LogP contribution in [0.3, 0.4) is 0 Å². The molecule has 1 aromatic carbocycles. The minimum atomic E-state index is -0.0402. The molecule has 100 valence electrons. The summed E-state index contributed by atoms with van der Waals surface area (Å²) in [7, 11) is 0. The molecule has 0 saturated heterocycles. The normalized spacial score (nSPS) is 31.9. The van der Waals surface area contributed by atoms with Crippen LogP contribution in [-0.4, -0.2) is 0 Å². The summed E-state index contributed by atoms with van der Waals surface area (Å²) in [5.74, 6) is 2.65. The maximum Gasteiger partial charge on any atom is 0.126 e. The fourth-order valence-corrected chi connectivity index (χ4v) is 3.53. The van der Waals surface area contributed by atoms with E-state index < -0.39 is 0 Å². The van der Waals surface area contributed by atoms with Crippen LogP contribution in [0.2, 0.25) is 0 Å². The van der Waals surface area contributed by atoms with Crippen molar-refractivity contribution in [3.63, 3.8) is 0 Å². The number of benzene rings is 1. The number of rotatable bonds is 2. The Kier molecular flexibility index (Phi) is 3.79. The third kappa shape index (κ3) is 2.20. The van der Waals surface area contributed by atoms with Crippen LogP contribution in [0.1, 0.15) is 56.7 Å². The zero-order valence-corrected chi connectivity index (χ0v) is 12.3. The largest absolute Gasteiger partial charge is 0.207 e. The second-order valence-electron chi connectivity index (χ2n) is 6.19. The summed E-state index contributed by atoms with van der Waals surface area (Å²) in [6, 6.07) is 3.85. The standard InChI is InChI=1S/C17H25F/c1-6-14-7-11(3)17(18)9-16(14)15-8-10(2)12(4)13(15)5/h7,9-10,12-13,15H,6,8H2,1-5H3. The van der Waals surface area contributed by atoms with E-state index in [2.05, 4.69) is 27.7 Å². The fraction of sp³-hybridized carbons (Fsp3) is 0.647. The van der Waals surface area contributed by atoms with Gasteiger partial charge in [0.25, 0.3) is 0 Å². The molecular formula is C17H25F. The molecule has 1 heteroatoms. The smallest absolute Gasteiger partial charge is 0.126 e. The fourth-order valence-electron chi connectivity index (χ4n) is 3.53. The maximum atomic E-state index is 13.9. The molecule has 1 aliphatic rings. The molecule has 0 amide bonds. The number of aryl methyl sites for hydroxylation is 2. The molecule has 4 unspecified atom stereocenters. The second kappa shape index (κ2) is 5.03. The molecule has 0 spiro atoms. The summed E-state index contributed by atoms with van der Waals surface area (Å²) in [5.41, 5.74) is 3.39. The summed E-state index contributed by atoms with van der Waals surface area (Å²) < 4.78 is 13.9. The van der Waals surface area contributed by atoms with Crippen molar-refractivity contribution < 1.29 is 4.39 Å². The van der Waals surface area contributed by atoms with Gasteiger partial charge in [0.15, 0.2) is 0 Å². The van der Waals surface area contributed by atoms with Gasteiger partial charge < -0.3 is 0 Å². The van der Waals surface area contributed by atoms with Gasteiger partial charge in [-0.1, -0.05) is 33.8 Å². The molecule has 2 rings (SSSR count). The van der Waals surface area contributed by atoms with Gasteiger partial charge in [0, 0.05) is 0 Å². The molecule has 0 radical (unpaired) electrons. The highest BCUT2D eigenvalue weighted by molar-refractivity contribution is 5.36.